The van der Waals surface area contributed by atoms with E-state index in [9.17, 15) is 4.79 Å². The van der Waals surface area contributed by atoms with Gasteiger partial charge in [0, 0.05) is 9.90 Å². The number of thiazole rings is 1. The molecule has 25 heavy (non-hydrogen) atoms. The molecule has 0 aliphatic rings. The number of aromatic nitrogens is 1. The number of nitrogens with zero attached hydrogens (tertiary/aromatic N) is 1. The van der Waals surface area contributed by atoms with E-state index < -0.39 is 0 Å². The van der Waals surface area contributed by atoms with E-state index in [1.54, 1.807) is 12.1 Å². The minimum absolute atomic E-state index is 0.236. The Bertz CT molecular complexity index is 871. The van der Waals surface area contributed by atoms with E-state index >= 15 is 0 Å². The second kappa shape index (κ2) is 7.68. The SMILES string of the molecule is Cc1nc(NC(=O)c2ccccc2OCc2ccc(Cl)cc2)sc1C. The van der Waals surface area contributed by atoms with Gasteiger partial charge in [0.05, 0.1) is 11.3 Å². The number of nitrogens with one attached hydrogen (secondary N) is 1. The molecule has 0 radical (unpaired) electrons. The number of amides is 1. The van der Waals surface area contributed by atoms with Crippen LogP contribution in [0.4, 0.5) is 5.13 Å². The monoisotopic (exact) mass is 372 g/mol. The number of carbonyl (C=O) groups excluding carboxylic acids is 1. The van der Waals surface area contributed by atoms with Gasteiger partial charge in [-0.25, -0.2) is 4.98 Å². The van der Waals surface area contributed by atoms with Gasteiger partial charge in [0.1, 0.15) is 12.4 Å². The molecular formula is C19H17ClN2O2S. The predicted molar refractivity (Wildman–Crippen MR) is 102 cm³/mol. The number of hydrogen-bond donors (Lipinski definition) is 1. The van der Waals surface area contributed by atoms with Crippen molar-refractivity contribution in [1.82, 2.24) is 4.98 Å². The maximum absolute atomic E-state index is 12.6. The number of aryl methyl sites for hydroxylation is 2. The Balaban J connectivity index is 1.73. The Hall–Kier alpha value is -2.37. The maximum Gasteiger partial charge on any atom is 0.261 e. The number of benzene rings is 2. The van der Waals surface area contributed by atoms with Crippen LogP contribution in [0.3, 0.4) is 0 Å². The molecule has 0 fully saturated rings. The van der Waals surface area contributed by atoms with Gasteiger partial charge in [-0.1, -0.05) is 35.9 Å². The topological polar surface area (TPSA) is 51.2 Å². The van der Waals surface area contributed by atoms with Gasteiger partial charge in [-0.3, -0.25) is 10.1 Å². The van der Waals surface area contributed by atoms with Crippen LogP contribution < -0.4 is 10.1 Å². The molecule has 3 aromatic rings. The molecule has 6 heteroatoms. The summed E-state index contributed by atoms with van der Waals surface area (Å²) in [4.78, 5) is 18.0. The van der Waals surface area contributed by atoms with Crippen LogP contribution in [0.15, 0.2) is 48.5 Å². The lowest BCUT2D eigenvalue weighted by atomic mass is 10.2. The van der Waals surface area contributed by atoms with Gasteiger partial charge in [-0.15, -0.1) is 11.3 Å². The molecule has 2 aromatic carbocycles. The van der Waals surface area contributed by atoms with Crippen LogP contribution in [0.25, 0.3) is 0 Å². The molecule has 1 aromatic heterocycles. The Kier molecular flexibility index (Phi) is 5.36. The number of ether oxygens (including phenoxy) is 1. The number of carbonyl (C=O) groups is 1. The smallest absolute Gasteiger partial charge is 0.261 e. The van der Waals surface area contributed by atoms with Crippen LogP contribution in [-0.2, 0) is 6.61 Å². The van der Waals surface area contributed by atoms with Gasteiger partial charge in [-0.05, 0) is 43.7 Å². The molecule has 0 saturated carbocycles. The second-order valence-electron chi connectivity index (χ2n) is 5.53. The summed E-state index contributed by atoms with van der Waals surface area (Å²) < 4.78 is 5.83. The first kappa shape index (κ1) is 17.5. The van der Waals surface area contributed by atoms with E-state index in [2.05, 4.69) is 10.3 Å². The average molecular weight is 373 g/mol. The zero-order valence-corrected chi connectivity index (χ0v) is 15.4. The summed E-state index contributed by atoms with van der Waals surface area (Å²) in [6, 6.07) is 14.6. The standard InChI is InChI=1S/C19H17ClN2O2S/c1-12-13(2)25-19(21-12)22-18(23)16-5-3-4-6-17(16)24-11-14-7-9-15(20)10-8-14/h3-10H,11H2,1-2H3,(H,21,22,23). The molecule has 4 nitrogen and oxygen atoms in total. The molecule has 0 aliphatic carbocycles. The molecule has 0 saturated heterocycles. The molecular weight excluding hydrogens is 356 g/mol. The van der Waals surface area contributed by atoms with Crippen LogP contribution in [0.5, 0.6) is 5.75 Å². The predicted octanol–water partition coefficient (Wildman–Crippen LogP) is 5.24. The molecule has 0 spiro atoms. The fourth-order valence-electron chi connectivity index (χ4n) is 2.21. The zero-order chi connectivity index (χ0) is 17.8. The largest absolute Gasteiger partial charge is 0.488 e. The molecule has 1 N–H and O–H groups in total. The van der Waals surface area contributed by atoms with Crippen LogP contribution in [0.1, 0.15) is 26.5 Å². The van der Waals surface area contributed by atoms with E-state index in [1.165, 1.54) is 11.3 Å². The Morgan fingerprint density at radius 1 is 1.16 bits per heavy atom. The fraction of sp³-hybridized carbons (Fsp3) is 0.158. The minimum Gasteiger partial charge on any atom is -0.488 e. The summed E-state index contributed by atoms with van der Waals surface area (Å²) in [5.74, 6) is 0.292. The van der Waals surface area contributed by atoms with Crippen molar-refractivity contribution < 1.29 is 9.53 Å². The Morgan fingerprint density at radius 3 is 2.56 bits per heavy atom. The lowest BCUT2D eigenvalue weighted by molar-refractivity contribution is 0.102. The van der Waals surface area contributed by atoms with E-state index in [0.717, 1.165) is 16.1 Å². The third-order valence-corrected chi connectivity index (χ3v) is 4.93. The first-order chi connectivity index (χ1) is 12.0. The molecule has 1 amide bonds. The van der Waals surface area contributed by atoms with E-state index in [1.807, 2.05) is 50.2 Å². The number of anilines is 1. The molecule has 0 unspecified atom stereocenters. The van der Waals surface area contributed by atoms with Crippen LogP contribution in [0, 0.1) is 13.8 Å². The number of halogens is 1. The van der Waals surface area contributed by atoms with Gasteiger partial charge >= 0.3 is 0 Å². The van der Waals surface area contributed by atoms with Crippen LogP contribution in [-0.4, -0.2) is 10.9 Å². The normalized spacial score (nSPS) is 10.5. The minimum atomic E-state index is -0.236. The van der Waals surface area contributed by atoms with Gasteiger partial charge in [0.15, 0.2) is 5.13 Å². The number of hydrogen-bond acceptors (Lipinski definition) is 4. The van der Waals surface area contributed by atoms with Gasteiger partial charge in [-0.2, -0.15) is 0 Å². The first-order valence-corrected chi connectivity index (χ1v) is 8.94. The fourth-order valence-corrected chi connectivity index (χ4v) is 3.15. The van der Waals surface area contributed by atoms with Crippen LogP contribution >= 0.6 is 22.9 Å². The van der Waals surface area contributed by atoms with Crippen molar-refractivity contribution in [2.75, 3.05) is 5.32 Å². The molecule has 0 bridgehead atoms. The summed E-state index contributed by atoms with van der Waals surface area (Å²) in [6.07, 6.45) is 0. The third-order valence-electron chi connectivity index (χ3n) is 3.69. The van der Waals surface area contributed by atoms with Crippen molar-refractivity contribution in [2.45, 2.75) is 20.5 Å². The summed E-state index contributed by atoms with van der Waals surface area (Å²) in [5, 5.41) is 4.11. The van der Waals surface area contributed by atoms with Crippen molar-refractivity contribution in [3.63, 3.8) is 0 Å². The van der Waals surface area contributed by atoms with Crippen LogP contribution in [0.2, 0.25) is 5.02 Å². The van der Waals surface area contributed by atoms with Crippen molar-refractivity contribution in [2.24, 2.45) is 0 Å². The van der Waals surface area contributed by atoms with Gasteiger partial charge in [0.25, 0.3) is 5.91 Å². The van der Waals surface area contributed by atoms with Crippen molar-refractivity contribution in [1.29, 1.82) is 0 Å². The van der Waals surface area contributed by atoms with Gasteiger partial charge in [0.2, 0.25) is 0 Å². The van der Waals surface area contributed by atoms with Crippen molar-refractivity contribution in [3.8, 4) is 5.75 Å². The lowest BCUT2D eigenvalue weighted by Gasteiger charge is -2.11. The van der Waals surface area contributed by atoms with Crippen molar-refractivity contribution >= 4 is 34.0 Å². The Labute approximate surface area is 155 Å². The quantitative estimate of drug-likeness (QED) is 0.665. The number of rotatable bonds is 5. The van der Waals surface area contributed by atoms with Crippen molar-refractivity contribution in [3.05, 3.63) is 75.3 Å². The highest BCUT2D eigenvalue weighted by atomic mass is 35.5. The first-order valence-electron chi connectivity index (χ1n) is 7.74. The third kappa shape index (κ3) is 4.38. The highest BCUT2D eigenvalue weighted by Crippen LogP contribution is 2.24. The zero-order valence-electron chi connectivity index (χ0n) is 13.9. The highest BCUT2D eigenvalue weighted by Gasteiger charge is 2.14. The van der Waals surface area contributed by atoms with E-state index in [0.29, 0.717) is 28.1 Å². The Morgan fingerprint density at radius 2 is 1.88 bits per heavy atom. The summed E-state index contributed by atoms with van der Waals surface area (Å²) in [5.41, 5.74) is 2.38. The summed E-state index contributed by atoms with van der Waals surface area (Å²) in [7, 11) is 0. The average Bonchev–Trinajstić information content (AvgIpc) is 2.92. The molecule has 3 rings (SSSR count). The lowest BCUT2D eigenvalue weighted by Crippen LogP contribution is -2.13. The maximum atomic E-state index is 12.6. The van der Waals surface area contributed by atoms with Gasteiger partial charge < -0.3 is 4.74 Å². The number of para-hydroxylation sites is 1. The highest BCUT2D eigenvalue weighted by molar-refractivity contribution is 7.15. The van der Waals surface area contributed by atoms with E-state index in [4.69, 9.17) is 16.3 Å². The molecule has 0 aliphatic heterocycles. The summed E-state index contributed by atoms with van der Waals surface area (Å²) >= 11 is 7.35. The van der Waals surface area contributed by atoms with E-state index in [-0.39, 0.29) is 5.91 Å². The molecule has 0 atom stereocenters. The molecule has 128 valence electrons. The molecule has 1 heterocycles. The second-order valence-corrected chi connectivity index (χ2v) is 7.17. The summed E-state index contributed by atoms with van der Waals surface area (Å²) in [6.45, 7) is 4.26.